The molecular formula is C18H21N3O2S. The van der Waals surface area contributed by atoms with E-state index in [0.717, 1.165) is 12.8 Å². The standard InChI is InChI=1S/C18H21N3O2S/c1-10-8-11-4-2-3-5-15(11)21(10)17(23)12-6-7-13-14(9-12)19-18(24)20-16(13)22/h6-7,9-11,15H,2-5,8H2,1H3,(H2,19,20,22,24)/t10-,11-,15-/m1/s1. The summed E-state index contributed by atoms with van der Waals surface area (Å²) >= 11 is 5.03. The van der Waals surface area contributed by atoms with Gasteiger partial charge in [0.05, 0.1) is 10.9 Å². The van der Waals surface area contributed by atoms with Crippen molar-refractivity contribution in [3.63, 3.8) is 0 Å². The maximum absolute atomic E-state index is 13.1. The van der Waals surface area contributed by atoms with Crippen molar-refractivity contribution in [2.24, 2.45) is 5.92 Å². The van der Waals surface area contributed by atoms with Crippen LogP contribution < -0.4 is 5.56 Å². The lowest BCUT2D eigenvalue weighted by Crippen LogP contribution is -2.42. The zero-order valence-corrected chi connectivity index (χ0v) is 14.5. The fraction of sp³-hybridized carbons (Fsp3) is 0.500. The van der Waals surface area contributed by atoms with Gasteiger partial charge in [-0.15, -0.1) is 0 Å². The summed E-state index contributed by atoms with van der Waals surface area (Å²) in [5.74, 6) is 0.713. The molecule has 0 spiro atoms. The van der Waals surface area contributed by atoms with Crippen LogP contribution in [0.25, 0.3) is 10.9 Å². The van der Waals surface area contributed by atoms with Crippen LogP contribution in [0.15, 0.2) is 23.0 Å². The molecule has 1 saturated heterocycles. The minimum atomic E-state index is -0.227. The second-order valence-corrected chi connectivity index (χ2v) is 7.49. The Morgan fingerprint density at radius 2 is 2.04 bits per heavy atom. The van der Waals surface area contributed by atoms with E-state index in [1.807, 2.05) is 0 Å². The Labute approximate surface area is 145 Å². The van der Waals surface area contributed by atoms with E-state index in [4.69, 9.17) is 12.2 Å². The van der Waals surface area contributed by atoms with E-state index >= 15 is 0 Å². The first-order chi connectivity index (χ1) is 11.5. The molecule has 1 aromatic heterocycles. The lowest BCUT2D eigenvalue weighted by molar-refractivity contribution is 0.0633. The van der Waals surface area contributed by atoms with Crippen LogP contribution in [0.4, 0.5) is 0 Å². The second kappa shape index (κ2) is 5.84. The first kappa shape index (κ1) is 15.6. The van der Waals surface area contributed by atoms with Gasteiger partial charge in [-0.3, -0.25) is 14.6 Å². The SMILES string of the molecule is C[C@@H]1C[C@H]2CCCC[C@H]2N1C(=O)c1ccc2c(=O)[nH]c(=S)[nH]c2c1. The van der Waals surface area contributed by atoms with Crippen molar-refractivity contribution in [2.45, 2.75) is 51.1 Å². The number of aromatic nitrogens is 2. The first-order valence-electron chi connectivity index (χ1n) is 8.63. The molecule has 24 heavy (non-hydrogen) atoms. The summed E-state index contributed by atoms with van der Waals surface area (Å²) in [4.78, 5) is 32.7. The van der Waals surface area contributed by atoms with E-state index in [2.05, 4.69) is 21.8 Å². The number of carbonyl (C=O) groups is 1. The van der Waals surface area contributed by atoms with Gasteiger partial charge in [-0.1, -0.05) is 12.8 Å². The molecule has 2 heterocycles. The van der Waals surface area contributed by atoms with Gasteiger partial charge in [0.15, 0.2) is 4.77 Å². The number of carbonyl (C=O) groups excluding carboxylic acids is 1. The Morgan fingerprint density at radius 1 is 1.25 bits per heavy atom. The average Bonchev–Trinajstić information content (AvgIpc) is 2.89. The van der Waals surface area contributed by atoms with Crippen LogP contribution >= 0.6 is 12.2 Å². The number of hydrogen-bond acceptors (Lipinski definition) is 3. The Balaban J connectivity index is 1.73. The number of hydrogen-bond donors (Lipinski definition) is 2. The lowest BCUT2D eigenvalue weighted by atomic mass is 9.85. The summed E-state index contributed by atoms with van der Waals surface area (Å²) in [7, 11) is 0. The number of nitrogens with one attached hydrogen (secondary N) is 2. The molecule has 5 nitrogen and oxygen atoms in total. The highest BCUT2D eigenvalue weighted by molar-refractivity contribution is 7.71. The maximum atomic E-state index is 13.1. The Morgan fingerprint density at radius 3 is 2.88 bits per heavy atom. The number of nitrogens with zero attached hydrogens (tertiary/aromatic N) is 1. The Kier molecular flexibility index (Phi) is 3.79. The van der Waals surface area contributed by atoms with Gasteiger partial charge in [0.2, 0.25) is 0 Å². The van der Waals surface area contributed by atoms with Crippen molar-refractivity contribution < 1.29 is 4.79 Å². The third-order valence-corrected chi connectivity index (χ3v) is 5.77. The van der Waals surface area contributed by atoms with E-state index in [9.17, 15) is 9.59 Å². The van der Waals surface area contributed by atoms with Crippen LogP contribution in [-0.4, -0.2) is 32.9 Å². The summed E-state index contributed by atoms with van der Waals surface area (Å²) in [5.41, 5.74) is 1.01. The monoisotopic (exact) mass is 343 g/mol. The molecule has 1 aliphatic heterocycles. The van der Waals surface area contributed by atoms with E-state index in [1.54, 1.807) is 18.2 Å². The molecule has 0 bridgehead atoms. The van der Waals surface area contributed by atoms with Gasteiger partial charge in [0.1, 0.15) is 0 Å². The summed E-state index contributed by atoms with van der Waals surface area (Å²) in [6.07, 6.45) is 5.94. The highest BCUT2D eigenvalue weighted by Gasteiger charge is 2.42. The molecule has 1 aromatic carbocycles. The summed E-state index contributed by atoms with van der Waals surface area (Å²) in [6, 6.07) is 5.85. The molecule has 126 valence electrons. The number of fused-ring (bicyclic) bond motifs is 2. The lowest BCUT2D eigenvalue weighted by Gasteiger charge is -2.33. The van der Waals surface area contributed by atoms with E-state index in [1.165, 1.54) is 19.3 Å². The van der Waals surface area contributed by atoms with Crippen molar-refractivity contribution in [1.82, 2.24) is 14.9 Å². The number of aromatic amines is 2. The quantitative estimate of drug-likeness (QED) is 0.780. The first-order valence-corrected chi connectivity index (χ1v) is 9.04. The fourth-order valence-corrected chi connectivity index (χ4v) is 4.71. The molecule has 2 aliphatic rings. The van der Waals surface area contributed by atoms with Gasteiger partial charge in [0, 0.05) is 17.6 Å². The van der Waals surface area contributed by atoms with Gasteiger partial charge in [-0.2, -0.15) is 0 Å². The zero-order chi connectivity index (χ0) is 16.8. The van der Waals surface area contributed by atoms with Crippen LogP contribution in [0.2, 0.25) is 0 Å². The van der Waals surface area contributed by atoms with Crippen molar-refractivity contribution >= 4 is 29.0 Å². The van der Waals surface area contributed by atoms with Crippen molar-refractivity contribution in [1.29, 1.82) is 0 Å². The molecule has 2 N–H and O–H groups in total. The molecule has 0 unspecified atom stereocenters. The van der Waals surface area contributed by atoms with Crippen LogP contribution in [0.5, 0.6) is 0 Å². The molecule has 2 aromatic rings. The highest BCUT2D eigenvalue weighted by atomic mass is 32.1. The van der Waals surface area contributed by atoms with Crippen LogP contribution in [0.3, 0.4) is 0 Å². The Bertz CT molecular complexity index is 916. The third kappa shape index (κ3) is 2.49. The van der Waals surface area contributed by atoms with E-state index in [-0.39, 0.29) is 22.3 Å². The predicted molar refractivity (Wildman–Crippen MR) is 95.7 cm³/mol. The average molecular weight is 343 g/mol. The number of amides is 1. The van der Waals surface area contributed by atoms with Gasteiger partial charge in [-0.05, 0) is 62.5 Å². The van der Waals surface area contributed by atoms with E-state index < -0.39 is 0 Å². The van der Waals surface area contributed by atoms with Crippen LogP contribution in [-0.2, 0) is 0 Å². The largest absolute Gasteiger partial charge is 0.333 e. The fourth-order valence-electron chi connectivity index (χ4n) is 4.51. The number of benzene rings is 1. The minimum absolute atomic E-state index is 0.0680. The molecule has 4 rings (SSSR count). The summed E-state index contributed by atoms with van der Waals surface area (Å²) < 4.78 is 0.277. The third-order valence-electron chi connectivity index (χ3n) is 5.57. The topological polar surface area (TPSA) is 69.0 Å². The second-order valence-electron chi connectivity index (χ2n) is 7.08. The van der Waals surface area contributed by atoms with Crippen molar-refractivity contribution in [3.8, 4) is 0 Å². The molecule has 2 fully saturated rings. The van der Waals surface area contributed by atoms with Crippen molar-refractivity contribution in [3.05, 3.63) is 38.9 Å². The van der Waals surface area contributed by atoms with Gasteiger partial charge >= 0.3 is 0 Å². The van der Waals surface area contributed by atoms with E-state index in [0.29, 0.717) is 28.4 Å². The molecule has 6 heteroatoms. The maximum Gasteiger partial charge on any atom is 0.259 e. The van der Waals surface area contributed by atoms with Gasteiger partial charge in [-0.25, -0.2) is 0 Å². The molecule has 1 saturated carbocycles. The Hall–Kier alpha value is -1.95. The molecule has 1 amide bonds. The minimum Gasteiger partial charge on any atom is -0.333 e. The number of H-pyrrole nitrogens is 2. The van der Waals surface area contributed by atoms with Crippen LogP contribution in [0.1, 0.15) is 49.4 Å². The van der Waals surface area contributed by atoms with Crippen LogP contribution in [0, 0.1) is 10.7 Å². The smallest absolute Gasteiger partial charge is 0.259 e. The number of likely N-dealkylation sites (tertiary alicyclic amines) is 1. The summed E-state index contributed by atoms with van der Waals surface area (Å²) in [5, 5.41) is 0.519. The molecule has 3 atom stereocenters. The summed E-state index contributed by atoms with van der Waals surface area (Å²) in [6.45, 7) is 2.15. The molecular weight excluding hydrogens is 322 g/mol. The zero-order valence-electron chi connectivity index (χ0n) is 13.7. The predicted octanol–water partition coefficient (Wildman–Crippen LogP) is 3.38. The number of rotatable bonds is 1. The molecule has 1 aliphatic carbocycles. The van der Waals surface area contributed by atoms with Gasteiger partial charge in [0.25, 0.3) is 11.5 Å². The van der Waals surface area contributed by atoms with Gasteiger partial charge < -0.3 is 9.88 Å². The highest BCUT2D eigenvalue weighted by Crippen LogP contribution is 2.40. The van der Waals surface area contributed by atoms with Crippen molar-refractivity contribution in [2.75, 3.05) is 0 Å². The molecule has 0 radical (unpaired) electrons. The normalized spacial score (nSPS) is 26.5.